The Labute approximate surface area is 156 Å². The highest BCUT2D eigenvalue weighted by molar-refractivity contribution is 6.30. The third-order valence-electron chi connectivity index (χ3n) is 4.87. The number of halogens is 1. The van der Waals surface area contributed by atoms with Crippen LogP contribution in [0.1, 0.15) is 50.5 Å². The Morgan fingerprint density at radius 3 is 2.85 bits per heavy atom. The van der Waals surface area contributed by atoms with Crippen molar-refractivity contribution in [1.82, 2.24) is 25.1 Å². The molecule has 26 heavy (non-hydrogen) atoms. The van der Waals surface area contributed by atoms with Gasteiger partial charge in [0.2, 0.25) is 0 Å². The molecule has 2 heterocycles. The first-order valence-corrected chi connectivity index (χ1v) is 9.32. The highest BCUT2D eigenvalue weighted by Gasteiger charge is 2.36. The number of benzene rings is 1. The van der Waals surface area contributed by atoms with Crippen molar-refractivity contribution >= 4 is 11.6 Å². The normalized spacial score (nSPS) is 16.3. The van der Waals surface area contributed by atoms with Gasteiger partial charge in [0.15, 0.2) is 11.5 Å². The molecule has 0 spiro atoms. The minimum absolute atomic E-state index is 0.369. The number of nitrogens with zero attached hydrogens (tertiary/aromatic N) is 5. The van der Waals surface area contributed by atoms with E-state index in [9.17, 15) is 0 Å². The number of rotatable bonds is 5. The van der Waals surface area contributed by atoms with Gasteiger partial charge in [-0.1, -0.05) is 54.2 Å². The molecule has 136 valence electrons. The summed E-state index contributed by atoms with van der Waals surface area (Å²) in [5.74, 6) is 0.929. The summed E-state index contributed by atoms with van der Waals surface area (Å²) < 4.78 is 7.29. The molecule has 3 aromatic rings. The molecule has 0 saturated heterocycles. The number of nitrogens with two attached hydrogens (primary N) is 1. The summed E-state index contributed by atoms with van der Waals surface area (Å²) in [7, 11) is 0. The molecule has 2 aromatic heterocycles. The van der Waals surface area contributed by atoms with Gasteiger partial charge in [-0.25, -0.2) is 4.68 Å². The summed E-state index contributed by atoms with van der Waals surface area (Å²) in [6.45, 7) is 2.10. The van der Waals surface area contributed by atoms with Gasteiger partial charge in [-0.3, -0.25) is 0 Å². The van der Waals surface area contributed by atoms with Gasteiger partial charge < -0.3 is 10.3 Å². The number of hydrogen-bond acceptors (Lipinski definition) is 6. The summed E-state index contributed by atoms with van der Waals surface area (Å²) >= 11 is 6.12. The SMILES string of the molecule is CCCc1c(-c2nc(C3(N)CCCC3)no2)nnn1-c1cccc(Cl)c1. The Kier molecular flexibility index (Phi) is 4.50. The van der Waals surface area contributed by atoms with Gasteiger partial charge in [-0.2, -0.15) is 4.98 Å². The van der Waals surface area contributed by atoms with Crippen LogP contribution in [-0.4, -0.2) is 25.1 Å². The third-order valence-corrected chi connectivity index (χ3v) is 5.11. The first kappa shape index (κ1) is 17.2. The smallest absolute Gasteiger partial charge is 0.280 e. The minimum Gasteiger partial charge on any atom is -0.332 e. The monoisotopic (exact) mass is 372 g/mol. The average molecular weight is 373 g/mol. The second kappa shape index (κ2) is 6.81. The molecule has 0 amide bonds. The molecule has 1 aromatic carbocycles. The highest BCUT2D eigenvalue weighted by Crippen LogP contribution is 2.35. The van der Waals surface area contributed by atoms with Gasteiger partial charge in [0.1, 0.15) is 0 Å². The lowest BCUT2D eigenvalue weighted by molar-refractivity contribution is 0.372. The zero-order valence-corrected chi connectivity index (χ0v) is 15.4. The lowest BCUT2D eigenvalue weighted by Gasteiger charge is -2.17. The maximum Gasteiger partial charge on any atom is 0.280 e. The quantitative estimate of drug-likeness (QED) is 0.734. The van der Waals surface area contributed by atoms with E-state index < -0.39 is 5.54 Å². The molecule has 1 aliphatic rings. The Bertz CT molecular complexity index is 912. The van der Waals surface area contributed by atoms with Crippen molar-refractivity contribution in [3.63, 3.8) is 0 Å². The molecule has 1 aliphatic carbocycles. The predicted molar refractivity (Wildman–Crippen MR) is 98.0 cm³/mol. The number of aromatic nitrogens is 5. The molecule has 7 nitrogen and oxygen atoms in total. The average Bonchev–Trinajstić information content (AvgIpc) is 3.34. The first-order chi connectivity index (χ1) is 12.6. The fraction of sp³-hybridized carbons (Fsp3) is 0.444. The zero-order valence-electron chi connectivity index (χ0n) is 14.7. The standard InChI is InChI=1S/C18H21ClN6O/c1-2-6-14-15(22-24-25(14)13-8-5-7-12(19)11-13)16-21-17(23-26-16)18(20)9-3-4-10-18/h5,7-8,11H,2-4,6,9-10,20H2,1H3. The second-order valence-electron chi connectivity index (χ2n) is 6.81. The van der Waals surface area contributed by atoms with E-state index in [0.717, 1.165) is 49.9 Å². The summed E-state index contributed by atoms with van der Waals surface area (Å²) in [6.07, 6.45) is 5.65. The van der Waals surface area contributed by atoms with E-state index in [1.807, 2.05) is 24.3 Å². The van der Waals surface area contributed by atoms with E-state index in [4.69, 9.17) is 21.9 Å². The minimum atomic E-state index is -0.490. The Morgan fingerprint density at radius 1 is 1.31 bits per heavy atom. The molecule has 0 aliphatic heterocycles. The van der Waals surface area contributed by atoms with Gasteiger partial charge in [0.25, 0.3) is 5.89 Å². The Balaban J connectivity index is 1.74. The van der Waals surface area contributed by atoms with E-state index in [2.05, 4.69) is 27.4 Å². The third kappa shape index (κ3) is 3.01. The summed E-state index contributed by atoms with van der Waals surface area (Å²) in [5, 5.41) is 13.4. The first-order valence-electron chi connectivity index (χ1n) is 8.95. The van der Waals surface area contributed by atoms with Crippen molar-refractivity contribution in [2.24, 2.45) is 5.73 Å². The molecule has 1 saturated carbocycles. The molecule has 0 atom stereocenters. The van der Waals surface area contributed by atoms with Crippen LogP contribution in [0, 0.1) is 0 Å². The maximum absolute atomic E-state index is 6.44. The summed E-state index contributed by atoms with van der Waals surface area (Å²) in [4.78, 5) is 4.56. The molecule has 2 N–H and O–H groups in total. The van der Waals surface area contributed by atoms with Crippen LogP contribution in [0.2, 0.25) is 5.02 Å². The van der Waals surface area contributed by atoms with Crippen LogP contribution >= 0.6 is 11.6 Å². The van der Waals surface area contributed by atoms with Gasteiger partial charge in [-0.05, 0) is 37.5 Å². The van der Waals surface area contributed by atoms with Gasteiger partial charge in [-0.15, -0.1) is 5.10 Å². The van der Waals surface area contributed by atoms with Crippen LogP contribution in [0.4, 0.5) is 0 Å². The fourth-order valence-electron chi connectivity index (χ4n) is 3.50. The van der Waals surface area contributed by atoms with Crippen LogP contribution in [0.3, 0.4) is 0 Å². The van der Waals surface area contributed by atoms with Crippen LogP contribution in [-0.2, 0) is 12.0 Å². The van der Waals surface area contributed by atoms with Crippen LogP contribution in [0.15, 0.2) is 28.8 Å². The Hall–Kier alpha value is -2.25. The fourth-order valence-corrected chi connectivity index (χ4v) is 3.68. The van der Waals surface area contributed by atoms with Crippen molar-refractivity contribution in [2.45, 2.75) is 51.0 Å². The highest BCUT2D eigenvalue weighted by atomic mass is 35.5. The largest absolute Gasteiger partial charge is 0.332 e. The predicted octanol–water partition coefficient (Wildman–Crippen LogP) is 3.65. The van der Waals surface area contributed by atoms with E-state index in [1.165, 1.54) is 0 Å². The molecule has 0 bridgehead atoms. The lowest BCUT2D eigenvalue weighted by Crippen LogP contribution is -2.34. The van der Waals surface area contributed by atoms with E-state index >= 15 is 0 Å². The topological polar surface area (TPSA) is 95.7 Å². The molecule has 0 unspecified atom stereocenters. The summed E-state index contributed by atoms with van der Waals surface area (Å²) in [5.41, 5.74) is 8.33. The van der Waals surface area contributed by atoms with Crippen molar-refractivity contribution in [3.8, 4) is 17.3 Å². The molecular weight excluding hydrogens is 352 g/mol. The van der Waals surface area contributed by atoms with Gasteiger partial charge in [0, 0.05) is 5.02 Å². The van der Waals surface area contributed by atoms with Crippen molar-refractivity contribution in [1.29, 1.82) is 0 Å². The molecule has 4 rings (SSSR count). The van der Waals surface area contributed by atoms with E-state index in [0.29, 0.717) is 22.4 Å². The second-order valence-corrected chi connectivity index (χ2v) is 7.25. The molecule has 0 radical (unpaired) electrons. The van der Waals surface area contributed by atoms with Crippen LogP contribution in [0.5, 0.6) is 0 Å². The van der Waals surface area contributed by atoms with Crippen molar-refractivity contribution in [2.75, 3.05) is 0 Å². The van der Waals surface area contributed by atoms with E-state index in [-0.39, 0.29) is 0 Å². The maximum atomic E-state index is 6.44. The molecule has 1 fully saturated rings. The molecule has 8 heteroatoms. The summed E-state index contributed by atoms with van der Waals surface area (Å²) in [6, 6.07) is 7.51. The zero-order chi connectivity index (χ0) is 18.1. The van der Waals surface area contributed by atoms with Crippen LogP contribution < -0.4 is 5.73 Å². The molecular formula is C18H21ClN6O. The lowest BCUT2D eigenvalue weighted by atomic mass is 9.99. The van der Waals surface area contributed by atoms with Crippen molar-refractivity contribution in [3.05, 3.63) is 40.8 Å². The Morgan fingerprint density at radius 2 is 2.12 bits per heavy atom. The van der Waals surface area contributed by atoms with E-state index in [1.54, 1.807) is 4.68 Å². The van der Waals surface area contributed by atoms with Gasteiger partial charge >= 0.3 is 0 Å². The van der Waals surface area contributed by atoms with Crippen molar-refractivity contribution < 1.29 is 4.52 Å². The van der Waals surface area contributed by atoms with Crippen LogP contribution in [0.25, 0.3) is 17.3 Å². The van der Waals surface area contributed by atoms with Gasteiger partial charge in [0.05, 0.1) is 16.9 Å². The number of hydrogen-bond donors (Lipinski definition) is 1.